The zero-order valence-corrected chi connectivity index (χ0v) is 17.0. The van der Waals surface area contributed by atoms with Gasteiger partial charge in [-0.15, -0.1) is 0 Å². The molecule has 0 bridgehead atoms. The third-order valence-corrected chi connectivity index (χ3v) is 6.12. The summed E-state index contributed by atoms with van der Waals surface area (Å²) in [4.78, 5) is 19.6. The van der Waals surface area contributed by atoms with Gasteiger partial charge >= 0.3 is 0 Å². The molecule has 1 saturated heterocycles. The Labute approximate surface area is 171 Å². The maximum absolute atomic E-state index is 12.7. The van der Waals surface area contributed by atoms with Gasteiger partial charge in [-0.3, -0.25) is 9.36 Å². The first-order valence-electron chi connectivity index (χ1n) is 10.0. The number of halogens is 1. The van der Waals surface area contributed by atoms with Crippen molar-refractivity contribution in [3.63, 3.8) is 0 Å². The number of hydrogen-bond donors (Lipinski definition) is 0. The van der Waals surface area contributed by atoms with Crippen molar-refractivity contribution in [3.8, 4) is 0 Å². The normalized spacial score (nSPS) is 15.9. The molecule has 1 fully saturated rings. The van der Waals surface area contributed by atoms with E-state index < -0.39 is 0 Å². The Balaban J connectivity index is 1.47. The van der Waals surface area contributed by atoms with E-state index in [1.165, 1.54) is 11.1 Å². The molecule has 1 aromatic heterocycles. The number of likely N-dealkylation sites (tertiary alicyclic amines) is 1. The highest BCUT2D eigenvalue weighted by atomic mass is 35.5. The van der Waals surface area contributed by atoms with Crippen molar-refractivity contribution in [2.45, 2.75) is 38.0 Å². The molecule has 2 aromatic carbocycles. The smallest absolute Gasteiger partial charge is 0.232 e. The second-order valence-electron chi connectivity index (χ2n) is 7.79. The van der Waals surface area contributed by atoms with Gasteiger partial charge in [-0.05, 0) is 75.0 Å². The van der Waals surface area contributed by atoms with Crippen LogP contribution < -0.4 is 0 Å². The first kappa shape index (κ1) is 19.2. The molecular weight excluding hydrogens is 370 g/mol. The molecule has 0 unspecified atom stereocenters. The maximum Gasteiger partial charge on any atom is 0.232 e. The summed E-state index contributed by atoms with van der Waals surface area (Å²) in [7, 11) is 2.16. The molecule has 1 aliphatic heterocycles. The topological polar surface area (TPSA) is 38.1 Å². The van der Waals surface area contributed by atoms with Gasteiger partial charge in [-0.1, -0.05) is 41.9 Å². The number of carbonyl (C=O) groups is 1. The largest absolute Gasteiger partial charge is 0.306 e. The molecule has 2 heterocycles. The van der Waals surface area contributed by atoms with Gasteiger partial charge in [-0.2, -0.15) is 0 Å². The van der Waals surface area contributed by atoms with E-state index in [9.17, 15) is 4.79 Å². The SMILES string of the molecule is CN1CCC(c2cc3ncn(C(=O)CCCc4ccccc4)c3cc2Cl)CC1. The lowest BCUT2D eigenvalue weighted by Crippen LogP contribution is -2.29. The van der Waals surface area contributed by atoms with E-state index in [1.54, 1.807) is 10.9 Å². The summed E-state index contributed by atoms with van der Waals surface area (Å²) in [6.45, 7) is 2.18. The molecule has 1 aliphatic rings. The molecule has 146 valence electrons. The Hall–Kier alpha value is -2.17. The highest BCUT2D eigenvalue weighted by molar-refractivity contribution is 6.32. The summed E-state index contributed by atoms with van der Waals surface area (Å²) in [6.07, 6.45) is 6.09. The minimum Gasteiger partial charge on any atom is -0.306 e. The number of rotatable bonds is 5. The van der Waals surface area contributed by atoms with Crippen LogP contribution in [0.1, 0.15) is 47.5 Å². The van der Waals surface area contributed by atoms with Crippen LogP contribution in [0.25, 0.3) is 11.0 Å². The molecule has 5 heteroatoms. The van der Waals surface area contributed by atoms with Crippen LogP contribution >= 0.6 is 11.6 Å². The van der Waals surface area contributed by atoms with Crippen molar-refractivity contribution in [2.75, 3.05) is 20.1 Å². The van der Waals surface area contributed by atoms with Gasteiger partial charge in [0.05, 0.1) is 11.0 Å². The predicted molar refractivity (Wildman–Crippen MR) is 114 cm³/mol. The Morgan fingerprint density at radius 1 is 1.18 bits per heavy atom. The lowest BCUT2D eigenvalue weighted by molar-refractivity contribution is 0.0905. The third kappa shape index (κ3) is 4.13. The molecule has 4 rings (SSSR count). The lowest BCUT2D eigenvalue weighted by atomic mass is 9.89. The van der Waals surface area contributed by atoms with Gasteiger partial charge in [0.2, 0.25) is 5.91 Å². The number of nitrogens with zero attached hydrogens (tertiary/aromatic N) is 3. The van der Waals surface area contributed by atoms with Gasteiger partial charge in [0.15, 0.2) is 0 Å². The van der Waals surface area contributed by atoms with E-state index in [-0.39, 0.29) is 5.91 Å². The van der Waals surface area contributed by atoms with Crippen LogP contribution in [0.3, 0.4) is 0 Å². The molecular formula is C23H26ClN3O. The Morgan fingerprint density at radius 2 is 1.93 bits per heavy atom. The summed E-state index contributed by atoms with van der Waals surface area (Å²) < 4.78 is 1.66. The standard InChI is InChI=1S/C23H26ClN3O/c1-26-12-10-18(11-13-26)19-14-21-22(15-20(19)24)27(16-25-21)23(28)9-5-8-17-6-3-2-4-7-17/h2-4,6-7,14-16,18H,5,8-13H2,1H3. The first-order chi connectivity index (χ1) is 13.6. The molecule has 0 amide bonds. The van der Waals surface area contributed by atoms with Crippen molar-refractivity contribution in [2.24, 2.45) is 0 Å². The Kier molecular flexibility index (Phi) is 5.79. The predicted octanol–water partition coefficient (Wildman–Crippen LogP) is 5.16. The van der Waals surface area contributed by atoms with Crippen LogP contribution in [0.2, 0.25) is 5.02 Å². The molecule has 0 spiro atoms. The molecule has 3 aromatic rings. The average molecular weight is 396 g/mol. The van der Waals surface area contributed by atoms with E-state index >= 15 is 0 Å². The summed E-state index contributed by atoms with van der Waals surface area (Å²) in [5.41, 5.74) is 4.10. The molecule has 0 radical (unpaired) electrons. The number of hydrogen-bond acceptors (Lipinski definition) is 3. The van der Waals surface area contributed by atoms with Gasteiger partial charge in [0.25, 0.3) is 0 Å². The highest BCUT2D eigenvalue weighted by Gasteiger charge is 2.22. The molecule has 28 heavy (non-hydrogen) atoms. The lowest BCUT2D eigenvalue weighted by Gasteiger charge is -2.29. The second-order valence-corrected chi connectivity index (χ2v) is 8.19. The fourth-order valence-corrected chi connectivity index (χ4v) is 4.40. The Morgan fingerprint density at radius 3 is 2.68 bits per heavy atom. The summed E-state index contributed by atoms with van der Waals surface area (Å²) >= 11 is 6.62. The zero-order valence-electron chi connectivity index (χ0n) is 16.3. The second kappa shape index (κ2) is 8.46. The van der Waals surface area contributed by atoms with E-state index in [0.717, 1.165) is 54.8 Å². The molecule has 0 saturated carbocycles. The molecule has 4 nitrogen and oxygen atoms in total. The van der Waals surface area contributed by atoms with Crippen molar-refractivity contribution < 1.29 is 4.79 Å². The van der Waals surface area contributed by atoms with E-state index in [2.05, 4.69) is 35.1 Å². The van der Waals surface area contributed by atoms with Gasteiger partial charge in [0, 0.05) is 11.4 Å². The van der Waals surface area contributed by atoms with E-state index in [4.69, 9.17) is 11.6 Å². The van der Waals surface area contributed by atoms with Gasteiger partial charge in [-0.25, -0.2) is 4.98 Å². The van der Waals surface area contributed by atoms with Crippen LogP contribution in [-0.2, 0) is 6.42 Å². The summed E-state index contributed by atoms with van der Waals surface area (Å²) in [5.74, 6) is 0.543. The zero-order chi connectivity index (χ0) is 19.5. The van der Waals surface area contributed by atoms with Crippen LogP contribution in [0.15, 0.2) is 48.8 Å². The van der Waals surface area contributed by atoms with Crippen LogP contribution in [-0.4, -0.2) is 40.5 Å². The quantitative estimate of drug-likeness (QED) is 0.598. The molecule has 0 atom stereocenters. The van der Waals surface area contributed by atoms with Crippen molar-refractivity contribution in [3.05, 3.63) is 64.9 Å². The fraction of sp³-hybridized carbons (Fsp3) is 0.391. The number of benzene rings is 2. The summed E-state index contributed by atoms with van der Waals surface area (Å²) in [5, 5.41) is 0.751. The maximum atomic E-state index is 12.7. The van der Waals surface area contributed by atoms with E-state index in [1.807, 2.05) is 24.3 Å². The minimum absolute atomic E-state index is 0.0709. The number of piperidine rings is 1. The van der Waals surface area contributed by atoms with Crippen molar-refractivity contribution in [1.29, 1.82) is 0 Å². The highest BCUT2D eigenvalue weighted by Crippen LogP contribution is 2.35. The van der Waals surface area contributed by atoms with Crippen molar-refractivity contribution >= 4 is 28.5 Å². The average Bonchev–Trinajstić information content (AvgIpc) is 3.11. The van der Waals surface area contributed by atoms with Crippen molar-refractivity contribution in [1.82, 2.24) is 14.5 Å². The first-order valence-corrected chi connectivity index (χ1v) is 10.4. The summed E-state index contributed by atoms with van der Waals surface area (Å²) in [6, 6.07) is 14.3. The third-order valence-electron chi connectivity index (χ3n) is 5.79. The number of aryl methyl sites for hydroxylation is 1. The Bertz CT molecular complexity index is 959. The van der Waals surface area contributed by atoms with Gasteiger partial charge in [0.1, 0.15) is 6.33 Å². The van der Waals surface area contributed by atoms with E-state index in [0.29, 0.717) is 12.3 Å². The van der Waals surface area contributed by atoms with Crippen LogP contribution in [0.4, 0.5) is 0 Å². The number of aromatic nitrogens is 2. The monoisotopic (exact) mass is 395 g/mol. The van der Waals surface area contributed by atoms with Crippen LogP contribution in [0.5, 0.6) is 0 Å². The number of carbonyl (C=O) groups excluding carboxylic acids is 1. The number of imidazole rings is 1. The fourth-order valence-electron chi connectivity index (χ4n) is 4.09. The number of fused-ring (bicyclic) bond motifs is 1. The van der Waals surface area contributed by atoms with Gasteiger partial charge < -0.3 is 4.90 Å². The minimum atomic E-state index is 0.0709. The molecule has 0 N–H and O–H groups in total. The van der Waals surface area contributed by atoms with Crippen LogP contribution in [0, 0.1) is 0 Å². The molecule has 0 aliphatic carbocycles.